The lowest BCUT2D eigenvalue weighted by atomic mass is 10.0. The van der Waals surface area contributed by atoms with E-state index in [1.165, 1.54) is 13.1 Å². The Morgan fingerprint density at radius 3 is 2.43 bits per heavy atom. The van der Waals surface area contributed by atoms with Gasteiger partial charge in [0.05, 0.1) is 0 Å². The number of halogens is 2. The largest absolute Gasteiger partial charge is 0.358 e. The van der Waals surface area contributed by atoms with E-state index in [1.807, 2.05) is 26.0 Å². The van der Waals surface area contributed by atoms with E-state index >= 15 is 0 Å². The van der Waals surface area contributed by atoms with Crippen LogP contribution in [0.15, 0.2) is 36.4 Å². The Kier molecular flexibility index (Phi) is 5.45. The predicted octanol–water partition coefficient (Wildman–Crippen LogP) is 3.16. The number of hydrogen-bond donors (Lipinski definition) is 2. The van der Waals surface area contributed by atoms with Gasteiger partial charge in [0.15, 0.2) is 11.6 Å². The summed E-state index contributed by atoms with van der Waals surface area (Å²) in [5, 5.41) is 5.65. The zero-order chi connectivity index (χ0) is 17.0. The third-order valence-electron chi connectivity index (χ3n) is 3.78. The van der Waals surface area contributed by atoms with Crippen molar-refractivity contribution in [3.8, 4) is 0 Å². The summed E-state index contributed by atoms with van der Waals surface area (Å²) in [5.41, 5.74) is 3.70. The molecule has 122 valence electrons. The molecule has 23 heavy (non-hydrogen) atoms. The molecule has 0 aliphatic carbocycles. The molecule has 1 atom stereocenters. The number of rotatable bonds is 5. The van der Waals surface area contributed by atoms with Crippen molar-refractivity contribution in [1.82, 2.24) is 10.6 Å². The number of carbonyl (C=O) groups excluding carboxylic acids is 1. The first-order valence-electron chi connectivity index (χ1n) is 7.38. The van der Waals surface area contributed by atoms with Gasteiger partial charge in [-0.1, -0.05) is 29.8 Å². The molecule has 3 nitrogen and oxygen atoms in total. The summed E-state index contributed by atoms with van der Waals surface area (Å²) < 4.78 is 26.5. The molecule has 0 aliphatic rings. The molecule has 0 heterocycles. The van der Waals surface area contributed by atoms with E-state index in [4.69, 9.17) is 0 Å². The van der Waals surface area contributed by atoms with E-state index in [1.54, 1.807) is 0 Å². The number of hydrogen-bond acceptors (Lipinski definition) is 2. The average Bonchev–Trinajstić information content (AvgIpc) is 2.52. The first kappa shape index (κ1) is 17.1. The molecule has 2 rings (SSSR count). The minimum Gasteiger partial charge on any atom is -0.358 e. The van der Waals surface area contributed by atoms with E-state index < -0.39 is 17.7 Å². The summed E-state index contributed by atoms with van der Waals surface area (Å²) in [6.07, 6.45) is 0. The topological polar surface area (TPSA) is 41.1 Å². The zero-order valence-corrected chi connectivity index (χ0v) is 13.4. The van der Waals surface area contributed by atoms with Gasteiger partial charge in [0, 0.05) is 13.6 Å². The van der Waals surface area contributed by atoms with Crippen LogP contribution in [0.2, 0.25) is 0 Å². The van der Waals surface area contributed by atoms with Crippen LogP contribution in [0.5, 0.6) is 0 Å². The van der Waals surface area contributed by atoms with E-state index in [0.717, 1.165) is 28.8 Å². The fourth-order valence-corrected chi connectivity index (χ4v) is 2.45. The summed E-state index contributed by atoms with van der Waals surface area (Å²) >= 11 is 0. The number of benzene rings is 2. The van der Waals surface area contributed by atoms with Crippen molar-refractivity contribution in [3.05, 3.63) is 70.3 Å². The van der Waals surface area contributed by atoms with Crippen LogP contribution < -0.4 is 10.6 Å². The van der Waals surface area contributed by atoms with E-state index in [0.29, 0.717) is 12.1 Å². The first-order chi connectivity index (χ1) is 10.9. The smallest absolute Gasteiger partial charge is 0.241 e. The van der Waals surface area contributed by atoms with Crippen LogP contribution in [-0.4, -0.2) is 13.0 Å². The Balaban J connectivity index is 2.22. The van der Waals surface area contributed by atoms with Crippen LogP contribution in [0, 0.1) is 25.5 Å². The summed E-state index contributed by atoms with van der Waals surface area (Å²) in [6.45, 7) is 4.46. The highest BCUT2D eigenvalue weighted by atomic mass is 19.2. The highest BCUT2D eigenvalue weighted by Gasteiger charge is 2.20. The second-order valence-corrected chi connectivity index (χ2v) is 5.53. The van der Waals surface area contributed by atoms with Crippen molar-refractivity contribution in [2.75, 3.05) is 7.05 Å². The Hall–Kier alpha value is -2.27. The van der Waals surface area contributed by atoms with Gasteiger partial charge in [-0.25, -0.2) is 8.78 Å². The predicted molar refractivity (Wildman–Crippen MR) is 85.9 cm³/mol. The average molecular weight is 318 g/mol. The van der Waals surface area contributed by atoms with Crippen LogP contribution in [0.4, 0.5) is 8.78 Å². The SMILES string of the molecule is CNC(=O)C(NCc1ccc(C)cc1C)c1ccc(F)c(F)c1. The van der Waals surface area contributed by atoms with Crippen LogP contribution >= 0.6 is 0 Å². The van der Waals surface area contributed by atoms with Crippen molar-refractivity contribution in [2.24, 2.45) is 0 Å². The van der Waals surface area contributed by atoms with Gasteiger partial charge >= 0.3 is 0 Å². The molecule has 0 saturated carbocycles. The molecule has 0 bridgehead atoms. The van der Waals surface area contributed by atoms with Crippen molar-refractivity contribution >= 4 is 5.91 Å². The van der Waals surface area contributed by atoms with Gasteiger partial charge in [-0.3, -0.25) is 10.1 Å². The second-order valence-electron chi connectivity index (χ2n) is 5.53. The van der Waals surface area contributed by atoms with Gasteiger partial charge < -0.3 is 5.32 Å². The highest BCUT2D eigenvalue weighted by Crippen LogP contribution is 2.18. The lowest BCUT2D eigenvalue weighted by molar-refractivity contribution is -0.122. The van der Waals surface area contributed by atoms with Crippen LogP contribution in [0.3, 0.4) is 0 Å². The van der Waals surface area contributed by atoms with Crippen molar-refractivity contribution in [3.63, 3.8) is 0 Å². The maximum absolute atomic E-state index is 13.4. The minimum atomic E-state index is -0.968. The fraction of sp³-hybridized carbons (Fsp3) is 0.278. The number of likely N-dealkylation sites (N-methyl/N-ethyl adjacent to an activating group) is 1. The highest BCUT2D eigenvalue weighted by molar-refractivity contribution is 5.82. The molecule has 1 amide bonds. The molecule has 0 radical (unpaired) electrons. The van der Waals surface area contributed by atoms with Crippen molar-refractivity contribution in [2.45, 2.75) is 26.4 Å². The van der Waals surface area contributed by atoms with Crippen molar-refractivity contribution in [1.29, 1.82) is 0 Å². The van der Waals surface area contributed by atoms with Gasteiger partial charge in [-0.15, -0.1) is 0 Å². The molecular weight excluding hydrogens is 298 g/mol. The Morgan fingerprint density at radius 2 is 1.83 bits per heavy atom. The maximum Gasteiger partial charge on any atom is 0.241 e. The Bertz CT molecular complexity index is 716. The van der Waals surface area contributed by atoms with Gasteiger partial charge in [0.2, 0.25) is 5.91 Å². The molecule has 0 spiro atoms. The number of aryl methyl sites for hydroxylation is 2. The molecule has 0 aromatic heterocycles. The third kappa shape index (κ3) is 4.13. The van der Waals surface area contributed by atoms with Gasteiger partial charge in [-0.2, -0.15) is 0 Å². The maximum atomic E-state index is 13.4. The summed E-state index contributed by atoms with van der Waals surface area (Å²) in [7, 11) is 1.51. The number of nitrogens with one attached hydrogen (secondary N) is 2. The molecule has 5 heteroatoms. The summed E-state index contributed by atoms with van der Waals surface area (Å²) in [4.78, 5) is 12.1. The monoisotopic (exact) mass is 318 g/mol. The molecule has 0 fully saturated rings. The molecule has 2 aromatic carbocycles. The number of carbonyl (C=O) groups is 1. The Morgan fingerprint density at radius 1 is 1.09 bits per heavy atom. The lowest BCUT2D eigenvalue weighted by Gasteiger charge is -2.19. The van der Waals surface area contributed by atoms with E-state index in [9.17, 15) is 13.6 Å². The third-order valence-corrected chi connectivity index (χ3v) is 3.78. The minimum absolute atomic E-state index is 0.305. The lowest BCUT2D eigenvalue weighted by Crippen LogP contribution is -2.35. The molecular formula is C18H20F2N2O. The molecule has 1 unspecified atom stereocenters. The zero-order valence-electron chi connectivity index (χ0n) is 13.4. The molecule has 0 saturated heterocycles. The molecule has 2 aromatic rings. The summed E-state index contributed by atoms with van der Waals surface area (Å²) in [5.74, 6) is -2.20. The van der Waals surface area contributed by atoms with Crippen LogP contribution in [-0.2, 0) is 11.3 Å². The van der Waals surface area contributed by atoms with Gasteiger partial charge in [-0.05, 0) is 42.7 Å². The molecule has 2 N–H and O–H groups in total. The van der Waals surface area contributed by atoms with E-state index in [2.05, 4.69) is 16.7 Å². The summed E-state index contributed by atoms with van der Waals surface area (Å²) in [6, 6.07) is 8.77. The number of amides is 1. The van der Waals surface area contributed by atoms with Gasteiger partial charge in [0.1, 0.15) is 6.04 Å². The first-order valence-corrected chi connectivity index (χ1v) is 7.38. The second kappa shape index (κ2) is 7.33. The van der Waals surface area contributed by atoms with E-state index in [-0.39, 0.29) is 5.91 Å². The quantitative estimate of drug-likeness (QED) is 0.889. The molecule has 0 aliphatic heterocycles. The van der Waals surface area contributed by atoms with Crippen LogP contribution in [0.25, 0.3) is 0 Å². The van der Waals surface area contributed by atoms with Gasteiger partial charge in [0.25, 0.3) is 0 Å². The standard InChI is InChI=1S/C18H20F2N2O/c1-11-4-5-14(12(2)8-11)10-22-17(18(23)21-3)13-6-7-15(19)16(20)9-13/h4-9,17,22H,10H2,1-3H3,(H,21,23). The van der Waals surface area contributed by atoms with Crippen LogP contribution in [0.1, 0.15) is 28.3 Å². The van der Waals surface area contributed by atoms with Crippen molar-refractivity contribution < 1.29 is 13.6 Å². The Labute approximate surface area is 134 Å². The fourth-order valence-electron chi connectivity index (χ4n) is 2.45. The normalized spacial score (nSPS) is 12.0.